The highest BCUT2D eigenvalue weighted by Gasteiger charge is 2.33. The topological polar surface area (TPSA) is 86.8 Å². The van der Waals surface area contributed by atoms with Crippen LogP contribution in [0, 0.1) is 0 Å². The maximum Gasteiger partial charge on any atom is 0.244 e. The van der Waals surface area contributed by atoms with Gasteiger partial charge in [0.1, 0.15) is 12.6 Å². The van der Waals surface area contributed by atoms with Crippen LogP contribution in [0.5, 0.6) is 0 Å². The Labute approximate surface area is 227 Å². The van der Waals surface area contributed by atoms with Gasteiger partial charge in [-0.15, -0.1) is 0 Å². The van der Waals surface area contributed by atoms with Gasteiger partial charge in [-0.3, -0.25) is 13.9 Å². The van der Waals surface area contributed by atoms with Gasteiger partial charge in [0.05, 0.1) is 27.0 Å². The van der Waals surface area contributed by atoms with Crippen LogP contribution in [0.25, 0.3) is 0 Å². The lowest BCUT2D eigenvalue weighted by atomic mass is 10.1. The average molecular weight is 575 g/mol. The molecule has 0 bridgehead atoms. The minimum absolute atomic E-state index is 0.0308. The van der Waals surface area contributed by atoms with Crippen molar-refractivity contribution in [2.75, 3.05) is 17.1 Å². The third kappa shape index (κ3) is 7.28. The largest absolute Gasteiger partial charge is 0.352 e. The second-order valence-corrected chi connectivity index (χ2v) is 12.0. The molecule has 2 aromatic carbocycles. The van der Waals surface area contributed by atoms with Crippen LogP contribution >= 0.6 is 34.8 Å². The lowest BCUT2D eigenvalue weighted by Crippen LogP contribution is -2.53. The van der Waals surface area contributed by atoms with Gasteiger partial charge in [-0.2, -0.15) is 0 Å². The fourth-order valence-corrected chi connectivity index (χ4v) is 5.91. The molecule has 1 aliphatic carbocycles. The fraction of sp³-hybridized carbons (Fsp3) is 0.440. The third-order valence-corrected chi connectivity index (χ3v) is 8.37. The lowest BCUT2D eigenvalue weighted by molar-refractivity contribution is -0.140. The van der Waals surface area contributed by atoms with E-state index in [-0.39, 0.29) is 39.2 Å². The number of sulfonamides is 1. The van der Waals surface area contributed by atoms with Crippen LogP contribution in [-0.2, 0) is 26.2 Å². The van der Waals surface area contributed by atoms with Crippen molar-refractivity contribution in [1.29, 1.82) is 0 Å². The number of carbonyl (C=O) groups is 2. The van der Waals surface area contributed by atoms with Gasteiger partial charge in [-0.25, -0.2) is 8.42 Å². The summed E-state index contributed by atoms with van der Waals surface area (Å²) in [5, 5.41) is 3.36. The molecule has 11 heteroatoms. The monoisotopic (exact) mass is 573 g/mol. The van der Waals surface area contributed by atoms with Crippen molar-refractivity contribution in [2.24, 2.45) is 0 Å². The van der Waals surface area contributed by atoms with Crippen molar-refractivity contribution in [3.63, 3.8) is 0 Å². The quantitative estimate of drug-likeness (QED) is 0.391. The standard InChI is InChI=1S/C25H30Cl3N3O4S/c1-3-22(25(33)29-18-11-7-8-12-18)30(15-17-9-5-4-6-10-17)24(32)16-31(36(2,34)35)23-14-20(27)19(26)13-21(23)28/h4-6,9-10,13-14,18,22H,3,7-8,11-12,15-16H2,1-2H3,(H,29,33)/t22-/m1/s1. The second-order valence-electron chi connectivity index (χ2n) is 8.91. The van der Waals surface area contributed by atoms with E-state index in [1.165, 1.54) is 17.0 Å². The first-order valence-corrected chi connectivity index (χ1v) is 14.8. The highest BCUT2D eigenvalue weighted by Crippen LogP contribution is 2.35. The SMILES string of the molecule is CC[C@H](C(=O)NC1CCCC1)N(Cc1ccccc1)C(=O)CN(c1cc(Cl)c(Cl)cc1Cl)S(C)(=O)=O. The number of rotatable bonds is 10. The number of nitrogens with zero attached hydrogens (tertiary/aromatic N) is 2. The first-order chi connectivity index (χ1) is 17.0. The molecule has 2 aromatic rings. The predicted molar refractivity (Wildman–Crippen MR) is 145 cm³/mol. The van der Waals surface area contributed by atoms with Gasteiger partial charge in [0.15, 0.2) is 0 Å². The molecule has 0 aliphatic heterocycles. The smallest absolute Gasteiger partial charge is 0.244 e. The molecule has 7 nitrogen and oxygen atoms in total. The summed E-state index contributed by atoms with van der Waals surface area (Å²) in [7, 11) is -3.94. The van der Waals surface area contributed by atoms with E-state index in [0.717, 1.165) is 41.8 Å². The van der Waals surface area contributed by atoms with Gasteiger partial charge in [0, 0.05) is 12.6 Å². The number of nitrogens with one attached hydrogen (secondary N) is 1. The minimum Gasteiger partial charge on any atom is -0.352 e. The molecular weight excluding hydrogens is 545 g/mol. The number of amides is 2. The van der Waals surface area contributed by atoms with E-state index in [9.17, 15) is 18.0 Å². The van der Waals surface area contributed by atoms with Crippen LogP contribution < -0.4 is 9.62 Å². The van der Waals surface area contributed by atoms with Crippen molar-refractivity contribution >= 4 is 62.3 Å². The zero-order valence-electron chi connectivity index (χ0n) is 20.2. The van der Waals surface area contributed by atoms with Crippen molar-refractivity contribution in [3.05, 3.63) is 63.1 Å². The normalized spacial score (nSPS) is 14.9. The van der Waals surface area contributed by atoms with E-state index in [0.29, 0.717) is 6.42 Å². The molecule has 2 amide bonds. The summed E-state index contributed by atoms with van der Waals surface area (Å²) in [6.45, 7) is 1.41. The van der Waals surface area contributed by atoms with Crippen molar-refractivity contribution in [1.82, 2.24) is 10.2 Å². The van der Waals surface area contributed by atoms with Crippen LogP contribution in [0.2, 0.25) is 15.1 Å². The molecule has 3 rings (SSSR count). The van der Waals surface area contributed by atoms with Gasteiger partial charge in [0.2, 0.25) is 21.8 Å². The van der Waals surface area contributed by atoms with E-state index in [2.05, 4.69) is 5.32 Å². The molecule has 1 saturated carbocycles. The van der Waals surface area contributed by atoms with Crippen molar-refractivity contribution < 1.29 is 18.0 Å². The van der Waals surface area contributed by atoms with Gasteiger partial charge in [0.25, 0.3) is 0 Å². The molecule has 0 heterocycles. The van der Waals surface area contributed by atoms with E-state index in [1.54, 1.807) is 0 Å². The number of carbonyl (C=O) groups excluding carboxylic acids is 2. The van der Waals surface area contributed by atoms with Gasteiger partial charge in [-0.05, 0) is 37.0 Å². The molecule has 1 atom stereocenters. The zero-order valence-corrected chi connectivity index (χ0v) is 23.3. The average Bonchev–Trinajstić information content (AvgIpc) is 3.33. The first kappa shape index (κ1) is 28.6. The summed E-state index contributed by atoms with van der Waals surface area (Å²) in [5.74, 6) is -0.785. The second kappa shape index (κ2) is 12.5. The summed E-state index contributed by atoms with van der Waals surface area (Å²) in [6, 6.07) is 11.2. The third-order valence-electron chi connectivity index (χ3n) is 6.22. The molecular formula is C25H30Cl3N3O4S. The maximum absolute atomic E-state index is 13.7. The lowest BCUT2D eigenvalue weighted by Gasteiger charge is -2.33. The number of benzene rings is 2. The zero-order chi connectivity index (χ0) is 26.5. The molecule has 1 aliphatic rings. The molecule has 0 aromatic heterocycles. The Morgan fingerprint density at radius 2 is 1.64 bits per heavy atom. The Balaban J connectivity index is 1.95. The Bertz CT molecular complexity index is 1190. The van der Waals surface area contributed by atoms with Crippen molar-refractivity contribution in [3.8, 4) is 0 Å². The molecule has 0 unspecified atom stereocenters. The predicted octanol–water partition coefficient (Wildman–Crippen LogP) is 5.28. The molecule has 36 heavy (non-hydrogen) atoms. The van der Waals surface area contributed by atoms with Gasteiger partial charge in [-0.1, -0.05) is 84.9 Å². The summed E-state index contributed by atoms with van der Waals surface area (Å²) >= 11 is 18.4. The number of hydrogen-bond acceptors (Lipinski definition) is 4. The summed E-state index contributed by atoms with van der Waals surface area (Å²) < 4.78 is 26.4. The van der Waals surface area contributed by atoms with Gasteiger partial charge >= 0.3 is 0 Å². The van der Waals surface area contributed by atoms with Crippen LogP contribution in [0.3, 0.4) is 0 Å². The molecule has 0 radical (unpaired) electrons. The molecule has 1 fully saturated rings. The Morgan fingerprint density at radius 3 is 2.22 bits per heavy atom. The van der Waals surface area contributed by atoms with E-state index in [1.807, 2.05) is 37.3 Å². The molecule has 1 N–H and O–H groups in total. The minimum atomic E-state index is -3.94. The van der Waals surface area contributed by atoms with E-state index in [4.69, 9.17) is 34.8 Å². The fourth-order valence-electron chi connectivity index (χ4n) is 4.37. The first-order valence-electron chi connectivity index (χ1n) is 11.8. The van der Waals surface area contributed by atoms with Crippen molar-refractivity contribution in [2.45, 2.75) is 57.7 Å². The molecule has 196 valence electrons. The van der Waals surface area contributed by atoms with Crippen LogP contribution in [0.4, 0.5) is 5.69 Å². The molecule has 0 saturated heterocycles. The summed E-state index contributed by atoms with van der Waals surface area (Å²) in [4.78, 5) is 28.4. The molecule has 0 spiro atoms. The Morgan fingerprint density at radius 1 is 1.03 bits per heavy atom. The van der Waals surface area contributed by atoms with Gasteiger partial charge < -0.3 is 10.2 Å². The highest BCUT2D eigenvalue weighted by atomic mass is 35.5. The summed E-state index contributed by atoms with van der Waals surface area (Å²) in [6.07, 6.45) is 5.28. The number of hydrogen-bond donors (Lipinski definition) is 1. The maximum atomic E-state index is 13.7. The highest BCUT2D eigenvalue weighted by molar-refractivity contribution is 7.92. The van der Waals surface area contributed by atoms with Crippen LogP contribution in [0.1, 0.15) is 44.6 Å². The Hall–Kier alpha value is -2.00. The number of halogens is 3. The van der Waals surface area contributed by atoms with Crippen LogP contribution in [0.15, 0.2) is 42.5 Å². The number of anilines is 1. The van der Waals surface area contributed by atoms with E-state index < -0.39 is 28.5 Å². The summed E-state index contributed by atoms with van der Waals surface area (Å²) in [5.41, 5.74) is 0.849. The Kier molecular flexibility index (Phi) is 9.92. The van der Waals surface area contributed by atoms with E-state index >= 15 is 0 Å². The van der Waals surface area contributed by atoms with Crippen LogP contribution in [-0.4, -0.2) is 50.0 Å².